The van der Waals surface area contributed by atoms with Crippen molar-refractivity contribution in [3.05, 3.63) is 59.7 Å². The van der Waals surface area contributed by atoms with Crippen LogP contribution in [0.1, 0.15) is 36.8 Å². The molecule has 4 rings (SSSR count). The zero-order chi connectivity index (χ0) is 25.3. The number of carbonyl (C=O) groups is 3. The number of amides is 2. The molecule has 0 spiro atoms. The van der Waals surface area contributed by atoms with E-state index in [-0.39, 0.29) is 31.9 Å². The number of nitrogens with zero attached hydrogens (tertiary/aromatic N) is 1. The Hall–Kier alpha value is -3.56. The number of alkyl halides is 3. The standard InChI is InChI=1S/C25H25F3N2O5/c1-2-20-18(23(32)33)11-12-30(20)22(31)21(25(26,27)28)29-24(34)35-13-19-16-9-5-3-7-14(16)15-8-4-6-10-17(15)19/h3-10,18-21H,2,11-13H2,1H3,(H,29,34)(H,32,33). The lowest BCUT2D eigenvalue weighted by atomic mass is 9.98. The summed E-state index contributed by atoms with van der Waals surface area (Å²) in [5, 5.41) is 11.0. The SMILES string of the molecule is CCC1C(C(=O)O)CCN1C(=O)C(NC(=O)OCC1c2ccccc2-c2ccccc21)C(F)(F)F. The second kappa shape index (κ2) is 9.59. The molecule has 0 radical (unpaired) electrons. The molecule has 1 fully saturated rings. The van der Waals surface area contributed by atoms with Gasteiger partial charge in [0.15, 0.2) is 0 Å². The monoisotopic (exact) mass is 490 g/mol. The average Bonchev–Trinajstić information content (AvgIpc) is 3.39. The zero-order valence-corrected chi connectivity index (χ0v) is 18.9. The van der Waals surface area contributed by atoms with E-state index in [0.29, 0.717) is 0 Å². The lowest BCUT2D eigenvalue weighted by Crippen LogP contribution is -2.57. The number of alkyl carbamates (subject to hydrolysis) is 1. The van der Waals surface area contributed by atoms with Crippen LogP contribution < -0.4 is 5.32 Å². The molecule has 1 saturated heterocycles. The maximum Gasteiger partial charge on any atom is 0.417 e. The van der Waals surface area contributed by atoms with Gasteiger partial charge in [-0.05, 0) is 35.1 Å². The molecule has 2 aliphatic rings. The quantitative estimate of drug-likeness (QED) is 0.634. The number of ether oxygens (including phenoxy) is 1. The molecule has 1 aliphatic heterocycles. The van der Waals surface area contributed by atoms with E-state index in [1.807, 2.05) is 48.5 Å². The number of carbonyl (C=O) groups excluding carboxylic acids is 2. The predicted octanol–water partition coefficient (Wildman–Crippen LogP) is 4.17. The summed E-state index contributed by atoms with van der Waals surface area (Å²) in [4.78, 5) is 37.5. The second-order valence-corrected chi connectivity index (χ2v) is 8.69. The summed E-state index contributed by atoms with van der Waals surface area (Å²) in [5.41, 5.74) is 3.72. The molecule has 2 aromatic rings. The van der Waals surface area contributed by atoms with Gasteiger partial charge >= 0.3 is 18.2 Å². The average molecular weight is 490 g/mol. The van der Waals surface area contributed by atoms with E-state index in [1.54, 1.807) is 12.2 Å². The predicted molar refractivity (Wildman–Crippen MR) is 120 cm³/mol. The van der Waals surface area contributed by atoms with Crippen molar-refractivity contribution in [1.29, 1.82) is 0 Å². The van der Waals surface area contributed by atoms with Crippen molar-refractivity contribution in [3.8, 4) is 11.1 Å². The molecule has 35 heavy (non-hydrogen) atoms. The zero-order valence-electron chi connectivity index (χ0n) is 18.9. The highest BCUT2D eigenvalue weighted by molar-refractivity contribution is 5.88. The van der Waals surface area contributed by atoms with Gasteiger partial charge < -0.3 is 20.1 Å². The lowest BCUT2D eigenvalue weighted by molar-refractivity contribution is -0.175. The minimum Gasteiger partial charge on any atom is -0.481 e. The number of likely N-dealkylation sites (tertiary alicyclic amines) is 1. The van der Waals surface area contributed by atoms with Crippen molar-refractivity contribution in [3.63, 3.8) is 0 Å². The molecule has 1 heterocycles. The molecule has 0 saturated carbocycles. The van der Waals surface area contributed by atoms with Crippen molar-refractivity contribution >= 4 is 18.0 Å². The minimum atomic E-state index is -5.08. The molecule has 2 N–H and O–H groups in total. The topological polar surface area (TPSA) is 95.9 Å². The van der Waals surface area contributed by atoms with Gasteiger partial charge in [-0.1, -0.05) is 55.5 Å². The van der Waals surface area contributed by atoms with E-state index in [1.165, 1.54) is 0 Å². The summed E-state index contributed by atoms with van der Waals surface area (Å²) in [6.07, 6.45) is -6.22. The highest BCUT2D eigenvalue weighted by Gasteiger charge is 2.51. The van der Waals surface area contributed by atoms with Gasteiger partial charge in [0.25, 0.3) is 5.91 Å². The van der Waals surface area contributed by atoms with Gasteiger partial charge in [-0.2, -0.15) is 13.2 Å². The first-order chi connectivity index (χ1) is 16.6. The van der Waals surface area contributed by atoms with Crippen molar-refractivity contribution in [1.82, 2.24) is 10.2 Å². The molecular formula is C25H25F3N2O5. The van der Waals surface area contributed by atoms with E-state index in [9.17, 15) is 32.7 Å². The Labute approximate surface area is 199 Å². The highest BCUT2D eigenvalue weighted by Crippen LogP contribution is 2.44. The second-order valence-electron chi connectivity index (χ2n) is 8.69. The van der Waals surface area contributed by atoms with Gasteiger partial charge in [-0.15, -0.1) is 0 Å². The summed E-state index contributed by atoms with van der Waals surface area (Å²) in [6.45, 7) is 1.27. The van der Waals surface area contributed by atoms with Crippen LogP contribution in [0.25, 0.3) is 11.1 Å². The Morgan fingerprint density at radius 2 is 1.66 bits per heavy atom. The van der Waals surface area contributed by atoms with Crippen molar-refractivity contribution in [2.75, 3.05) is 13.2 Å². The number of carboxylic acids is 1. The number of fused-ring (bicyclic) bond motifs is 3. The van der Waals surface area contributed by atoms with Crippen LogP contribution >= 0.6 is 0 Å². The fraction of sp³-hybridized carbons (Fsp3) is 0.400. The number of carboxylic acid groups (broad SMARTS) is 1. The third kappa shape index (κ3) is 4.69. The largest absolute Gasteiger partial charge is 0.481 e. The Morgan fingerprint density at radius 3 is 2.17 bits per heavy atom. The first kappa shape index (κ1) is 24.6. The smallest absolute Gasteiger partial charge is 0.417 e. The Kier molecular flexibility index (Phi) is 6.73. The first-order valence-electron chi connectivity index (χ1n) is 11.3. The van der Waals surface area contributed by atoms with Crippen molar-refractivity contribution < 1.29 is 37.4 Å². The van der Waals surface area contributed by atoms with E-state index in [2.05, 4.69) is 0 Å². The van der Waals surface area contributed by atoms with Crippen LogP contribution in [0.5, 0.6) is 0 Å². The molecule has 3 atom stereocenters. The molecule has 2 aromatic carbocycles. The van der Waals surface area contributed by atoms with Crippen LogP contribution in [0.15, 0.2) is 48.5 Å². The van der Waals surface area contributed by atoms with Crippen LogP contribution in [0.2, 0.25) is 0 Å². The maximum atomic E-state index is 13.8. The maximum absolute atomic E-state index is 13.8. The molecule has 2 amide bonds. The summed E-state index contributed by atoms with van der Waals surface area (Å²) >= 11 is 0. The van der Waals surface area contributed by atoms with Crippen LogP contribution in [0.4, 0.5) is 18.0 Å². The summed E-state index contributed by atoms with van der Waals surface area (Å²) in [5.74, 6) is -3.86. The molecule has 1 aliphatic carbocycles. The van der Waals surface area contributed by atoms with E-state index >= 15 is 0 Å². The number of nitrogens with one attached hydrogen (secondary N) is 1. The minimum absolute atomic E-state index is 0.0507. The number of halogens is 3. The van der Waals surface area contributed by atoms with Crippen LogP contribution in [0.3, 0.4) is 0 Å². The van der Waals surface area contributed by atoms with Gasteiger partial charge in [-0.25, -0.2) is 4.79 Å². The fourth-order valence-electron chi connectivity index (χ4n) is 5.13. The fourth-order valence-corrected chi connectivity index (χ4v) is 5.13. The van der Waals surface area contributed by atoms with Crippen LogP contribution in [0, 0.1) is 5.92 Å². The molecule has 0 bridgehead atoms. The number of hydrogen-bond acceptors (Lipinski definition) is 4. The van der Waals surface area contributed by atoms with Crippen molar-refractivity contribution in [2.45, 2.75) is 43.9 Å². The van der Waals surface area contributed by atoms with Gasteiger partial charge in [-0.3, -0.25) is 9.59 Å². The summed E-state index contributed by atoms with van der Waals surface area (Å²) in [7, 11) is 0. The third-order valence-corrected chi connectivity index (χ3v) is 6.74. The number of aliphatic carboxylic acids is 1. The van der Waals surface area contributed by atoms with Crippen LogP contribution in [-0.2, 0) is 14.3 Å². The van der Waals surface area contributed by atoms with Crippen LogP contribution in [-0.4, -0.2) is 59.4 Å². The number of hydrogen-bond donors (Lipinski definition) is 2. The molecule has 10 heteroatoms. The normalized spacial score (nSPS) is 20.2. The van der Waals surface area contributed by atoms with Gasteiger partial charge in [0, 0.05) is 18.5 Å². The van der Waals surface area contributed by atoms with Gasteiger partial charge in [0.2, 0.25) is 6.04 Å². The molecular weight excluding hydrogens is 465 g/mol. The summed E-state index contributed by atoms with van der Waals surface area (Å²) in [6, 6.07) is 11.3. The van der Waals surface area contributed by atoms with E-state index in [0.717, 1.165) is 27.2 Å². The lowest BCUT2D eigenvalue weighted by Gasteiger charge is -2.30. The van der Waals surface area contributed by atoms with Crippen molar-refractivity contribution in [2.24, 2.45) is 5.92 Å². The Morgan fingerprint density at radius 1 is 1.09 bits per heavy atom. The molecule has 3 unspecified atom stereocenters. The Bertz CT molecular complexity index is 1090. The molecule has 186 valence electrons. The third-order valence-electron chi connectivity index (χ3n) is 6.74. The van der Waals surface area contributed by atoms with E-state index in [4.69, 9.17) is 4.74 Å². The Balaban J connectivity index is 1.47. The highest BCUT2D eigenvalue weighted by atomic mass is 19.4. The number of rotatable bonds is 6. The van der Waals surface area contributed by atoms with Gasteiger partial charge in [0.1, 0.15) is 6.61 Å². The number of benzene rings is 2. The molecule has 0 aromatic heterocycles. The molecule has 7 nitrogen and oxygen atoms in total. The summed E-state index contributed by atoms with van der Waals surface area (Å²) < 4.78 is 46.5. The first-order valence-corrected chi connectivity index (χ1v) is 11.3. The van der Waals surface area contributed by atoms with Gasteiger partial charge in [0.05, 0.1) is 5.92 Å². The van der Waals surface area contributed by atoms with E-state index < -0.39 is 42.1 Å².